The predicted octanol–water partition coefficient (Wildman–Crippen LogP) is 3.28. The van der Waals surface area contributed by atoms with E-state index in [1.54, 1.807) is 0 Å². The van der Waals surface area contributed by atoms with Crippen molar-refractivity contribution >= 4 is 6.47 Å². The molecule has 0 N–H and O–H groups in total. The molecule has 3 nitrogen and oxygen atoms in total. The topological polar surface area (TPSA) is 35.5 Å². The van der Waals surface area contributed by atoms with Crippen molar-refractivity contribution in [3.63, 3.8) is 0 Å². The van der Waals surface area contributed by atoms with Gasteiger partial charge in [-0.25, -0.2) is 0 Å². The molecule has 19 heavy (non-hydrogen) atoms. The van der Waals surface area contributed by atoms with E-state index in [-0.39, 0.29) is 6.47 Å². The van der Waals surface area contributed by atoms with E-state index >= 15 is 0 Å². The standard InChI is InChI=1S/C10H6F6O3/c11-9(12,13)8-6(4-18-5-17)2-1-3-7(8)19-10(14,15)16/h1-3,5H,4H2. The second-order valence-corrected chi connectivity index (χ2v) is 3.24. The van der Waals surface area contributed by atoms with Gasteiger partial charge in [-0.05, 0) is 6.07 Å². The molecule has 0 aliphatic carbocycles. The molecule has 0 aliphatic rings. The fourth-order valence-electron chi connectivity index (χ4n) is 1.35. The first-order valence-electron chi connectivity index (χ1n) is 4.65. The van der Waals surface area contributed by atoms with Crippen molar-refractivity contribution in [1.29, 1.82) is 0 Å². The van der Waals surface area contributed by atoms with Gasteiger partial charge in [-0.2, -0.15) is 13.2 Å². The van der Waals surface area contributed by atoms with Crippen molar-refractivity contribution < 1.29 is 40.6 Å². The fourth-order valence-corrected chi connectivity index (χ4v) is 1.35. The minimum absolute atomic E-state index is 0.114. The zero-order chi connectivity index (χ0) is 14.7. The highest BCUT2D eigenvalue weighted by atomic mass is 19.4. The summed E-state index contributed by atoms with van der Waals surface area (Å²) in [6.07, 6.45) is -10.3. The van der Waals surface area contributed by atoms with Crippen LogP contribution < -0.4 is 4.74 Å². The van der Waals surface area contributed by atoms with Gasteiger partial charge in [-0.3, -0.25) is 4.79 Å². The van der Waals surface area contributed by atoms with Crippen molar-refractivity contribution in [1.82, 2.24) is 0 Å². The summed E-state index contributed by atoms with van der Waals surface area (Å²) in [6.45, 7) is -0.926. The maximum atomic E-state index is 12.7. The highest BCUT2D eigenvalue weighted by Gasteiger charge is 2.41. The largest absolute Gasteiger partial charge is 0.573 e. The molecule has 0 saturated carbocycles. The summed E-state index contributed by atoms with van der Waals surface area (Å²) in [5.74, 6) is -1.40. The Kier molecular flexibility index (Phi) is 4.28. The molecule has 1 rings (SSSR count). The molecule has 0 radical (unpaired) electrons. The second-order valence-electron chi connectivity index (χ2n) is 3.24. The summed E-state index contributed by atoms with van der Waals surface area (Å²) in [7, 11) is 0. The molecule has 106 valence electrons. The molecular formula is C10H6F6O3. The van der Waals surface area contributed by atoms with Gasteiger partial charge in [-0.1, -0.05) is 12.1 Å². The number of ether oxygens (including phenoxy) is 2. The van der Waals surface area contributed by atoms with Crippen LogP contribution in [0.4, 0.5) is 26.3 Å². The van der Waals surface area contributed by atoms with E-state index in [9.17, 15) is 31.1 Å². The fraction of sp³-hybridized carbons (Fsp3) is 0.300. The number of carbonyl (C=O) groups excluding carboxylic acids is 1. The quantitative estimate of drug-likeness (QED) is 0.630. The molecule has 0 amide bonds. The van der Waals surface area contributed by atoms with Gasteiger partial charge in [-0.15, -0.1) is 13.2 Å². The van der Waals surface area contributed by atoms with Crippen molar-refractivity contribution in [3.05, 3.63) is 29.3 Å². The third-order valence-electron chi connectivity index (χ3n) is 1.93. The van der Waals surface area contributed by atoms with Crippen LogP contribution in [0.3, 0.4) is 0 Å². The lowest BCUT2D eigenvalue weighted by atomic mass is 10.1. The van der Waals surface area contributed by atoms with E-state index in [0.717, 1.165) is 12.1 Å². The molecule has 0 saturated heterocycles. The van der Waals surface area contributed by atoms with Gasteiger partial charge in [0.2, 0.25) is 0 Å². The Hall–Kier alpha value is -1.93. The number of hydrogen-bond donors (Lipinski definition) is 0. The normalized spacial score (nSPS) is 12.1. The van der Waals surface area contributed by atoms with Crippen LogP contribution in [0, 0.1) is 0 Å². The monoisotopic (exact) mass is 288 g/mol. The number of halogens is 6. The van der Waals surface area contributed by atoms with Crippen LogP contribution in [-0.2, 0) is 22.3 Å². The van der Waals surface area contributed by atoms with Crippen LogP contribution in [0.5, 0.6) is 5.75 Å². The molecular weight excluding hydrogens is 282 g/mol. The molecule has 0 aliphatic heterocycles. The molecule has 1 aromatic carbocycles. The first-order chi connectivity index (χ1) is 8.65. The van der Waals surface area contributed by atoms with Crippen LogP contribution in [0.2, 0.25) is 0 Å². The molecule has 0 spiro atoms. The van der Waals surface area contributed by atoms with Crippen molar-refractivity contribution in [2.45, 2.75) is 19.1 Å². The van der Waals surface area contributed by atoms with E-state index in [2.05, 4.69) is 9.47 Å². The summed E-state index contributed by atoms with van der Waals surface area (Å²) < 4.78 is 81.6. The van der Waals surface area contributed by atoms with Crippen molar-refractivity contribution in [3.8, 4) is 5.75 Å². The Morgan fingerprint density at radius 1 is 1.11 bits per heavy atom. The maximum absolute atomic E-state index is 12.7. The van der Waals surface area contributed by atoms with Gasteiger partial charge in [0.1, 0.15) is 17.9 Å². The maximum Gasteiger partial charge on any atom is 0.573 e. The van der Waals surface area contributed by atoms with E-state index in [1.165, 1.54) is 0 Å². The minimum Gasteiger partial charge on any atom is -0.463 e. The summed E-state index contributed by atoms with van der Waals surface area (Å²) in [5, 5.41) is 0. The number of hydrogen-bond acceptors (Lipinski definition) is 3. The first kappa shape index (κ1) is 15.1. The van der Waals surface area contributed by atoms with E-state index < -0.39 is 36.0 Å². The molecule has 0 bridgehead atoms. The number of alkyl halides is 6. The van der Waals surface area contributed by atoms with E-state index in [1.807, 2.05) is 0 Å². The lowest BCUT2D eigenvalue weighted by Gasteiger charge is -2.18. The molecule has 0 aromatic heterocycles. The lowest BCUT2D eigenvalue weighted by Crippen LogP contribution is -2.21. The SMILES string of the molecule is O=COCc1cccc(OC(F)(F)F)c1C(F)(F)F. The summed E-state index contributed by atoms with van der Waals surface area (Å²) in [6, 6.07) is 2.34. The third-order valence-corrected chi connectivity index (χ3v) is 1.93. The summed E-state index contributed by atoms with van der Waals surface area (Å²) in [5.41, 5.74) is -2.27. The van der Waals surface area contributed by atoms with Crippen LogP contribution in [0.25, 0.3) is 0 Å². The Labute approximate surface area is 102 Å². The third kappa shape index (κ3) is 4.34. The van der Waals surface area contributed by atoms with Gasteiger partial charge >= 0.3 is 12.5 Å². The van der Waals surface area contributed by atoms with E-state index in [4.69, 9.17) is 0 Å². The van der Waals surface area contributed by atoms with Gasteiger partial charge in [0.25, 0.3) is 6.47 Å². The Balaban J connectivity index is 3.26. The molecule has 0 fully saturated rings. The van der Waals surface area contributed by atoms with Crippen molar-refractivity contribution in [2.75, 3.05) is 0 Å². The van der Waals surface area contributed by atoms with Crippen LogP contribution in [0.15, 0.2) is 18.2 Å². The van der Waals surface area contributed by atoms with Gasteiger partial charge in [0.15, 0.2) is 0 Å². The first-order valence-corrected chi connectivity index (χ1v) is 4.65. The van der Waals surface area contributed by atoms with Crippen LogP contribution in [-0.4, -0.2) is 12.8 Å². The molecule has 0 unspecified atom stereocenters. The van der Waals surface area contributed by atoms with Crippen LogP contribution >= 0.6 is 0 Å². The molecule has 0 heterocycles. The van der Waals surface area contributed by atoms with Gasteiger partial charge in [0, 0.05) is 5.56 Å². The average molecular weight is 288 g/mol. The number of benzene rings is 1. The zero-order valence-corrected chi connectivity index (χ0v) is 9.01. The molecule has 1 aromatic rings. The molecule has 9 heteroatoms. The zero-order valence-electron chi connectivity index (χ0n) is 9.01. The highest BCUT2D eigenvalue weighted by molar-refractivity contribution is 5.44. The average Bonchev–Trinajstić information content (AvgIpc) is 2.22. The van der Waals surface area contributed by atoms with Crippen molar-refractivity contribution in [2.24, 2.45) is 0 Å². The highest BCUT2D eigenvalue weighted by Crippen LogP contribution is 2.40. The molecule has 0 atom stereocenters. The summed E-state index contributed by atoms with van der Waals surface area (Å²) >= 11 is 0. The number of rotatable bonds is 4. The smallest absolute Gasteiger partial charge is 0.463 e. The number of carbonyl (C=O) groups is 1. The predicted molar refractivity (Wildman–Crippen MR) is 49.0 cm³/mol. The Morgan fingerprint density at radius 2 is 1.74 bits per heavy atom. The Morgan fingerprint density at radius 3 is 2.21 bits per heavy atom. The van der Waals surface area contributed by atoms with Gasteiger partial charge < -0.3 is 9.47 Å². The van der Waals surface area contributed by atoms with E-state index in [0.29, 0.717) is 6.07 Å². The van der Waals surface area contributed by atoms with Crippen LogP contribution in [0.1, 0.15) is 11.1 Å². The summed E-state index contributed by atoms with van der Waals surface area (Å²) in [4.78, 5) is 9.94. The Bertz CT molecular complexity index is 452. The second kappa shape index (κ2) is 5.37. The lowest BCUT2D eigenvalue weighted by molar-refractivity contribution is -0.276. The van der Waals surface area contributed by atoms with Gasteiger partial charge in [0.05, 0.1) is 0 Å². The minimum atomic E-state index is -5.26.